The summed E-state index contributed by atoms with van der Waals surface area (Å²) in [5.41, 5.74) is 1.89. The van der Waals surface area contributed by atoms with E-state index in [0.717, 1.165) is 6.42 Å². The molecule has 1 aliphatic heterocycles. The number of anilines is 1. The number of piperidine rings is 1. The highest BCUT2D eigenvalue weighted by atomic mass is 32.1. The highest BCUT2D eigenvalue weighted by molar-refractivity contribution is 7.12. The first kappa shape index (κ1) is 30.1. The third-order valence-electron chi connectivity index (χ3n) is 7.42. The molecule has 3 heterocycles. The van der Waals surface area contributed by atoms with E-state index < -0.39 is 12.2 Å². The highest BCUT2D eigenvalue weighted by Crippen LogP contribution is 2.34. The lowest BCUT2D eigenvalue weighted by Crippen LogP contribution is -2.42. The Morgan fingerprint density at radius 2 is 1.88 bits per heavy atom. The van der Waals surface area contributed by atoms with Gasteiger partial charge in [0.1, 0.15) is 5.78 Å². The molecule has 5 rings (SSSR count). The number of nitrogens with one attached hydrogen (secondary N) is 3. The van der Waals surface area contributed by atoms with Crippen molar-refractivity contribution in [1.29, 1.82) is 0 Å². The predicted octanol–water partition coefficient (Wildman–Crippen LogP) is 4.08. The van der Waals surface area contributed by atoms with Gasteiger partial charge in [-0.1, -0.05) is 19.9 Å². The second-order valence-electron chi connectivity index (χ2n) is 10.8. The van der Waals surface area contributed by atoms with Crippen LogP contribution >= 0.6 is 11.3 Å². The van der Waals surface area contributed by atoms with E-state index >= 15 is 0 Å². The predicted molar refractivity (Wildman–Crippen MR) is 152 cm³/mol. The van der Waals surface area contributed by atoms with Crippen LogP contribution in [-0.4, -0.2) is 57.8 Å². The smallest absolute Gasteiger partial charge is 0.413 e. The number of benzene rings is 1. The Balaban J connectivity index is 0.000000189. The molecule has 0 radical (unpaired) electrons. The molecule has 0 spiro atoms. The molecule has 1 saturated carbocycles. The lowest BCUT2D eigenvalue weighted by Gasteiger charge is -2.34. The largest absolute Gasteiger partial charge is 0.453 e. The first-order valence-electron chi connectivity index (χ1n) is 13.5. The van der Waals surface area contributed by atoms with Crippen molar-refractivity contribution in [3.8, 4) is 0 Å². The molecule has 12 heteroatoms. The van der Waals surface area contributed by atoms with E-state index in [1.54, 1.807) is 24.3 Å². The Kier molecular flexibility index (Phi) is 9.66. The number of aliphatic hydroxyl groups excluding tert-OH is 1. The SMILES string of the molecule is COC(=O)Nc1nc2ccc(C(=O)c3cccs3)cc2[nH]1.C[C@@H]1C[C@@H]([C@H](O)CC2CC(=O)NC(=O)C2)C(=O)[C@@H](C)C1. The fourth-order valence-electron chi connectivity index (χ4n) is 5.51. The van der Waals surface area contributed by atoms with Gasteiger partial charge in [-0.3, -0.25) is 29.8 Å². The Hall–Kier alpha value is -3.90. The van der Waals surface area contributed by atoms with Gasteiger partial charge in [0.25, 0.3) is 0 Å². The summed E-state index contributed by atoms with van der Waals surface area (Å²) in [7, 11) is 1.27. The maximum atomic E-state index is 12.3. The topological polar surface area (TPSA) is 168 Å². The maximum absolute atomic E-state index is 12.3. The molecule has 1 aliphatic carbocycles. The van der Waals surface area contributed by atoms with Gasteiger partial charge < -0.3 is 14.8 Å². The molecule has 2 aliphatic rings. The van der Waals surface area contributed by atoms with Crippen molar-refractivity contribution >= 4 is 57.8 Å². The van der Waals surface area contributed by atoms with Crippen LogP contribution < -0.4 is 10.6 Å². The molecule has 4 atom stereocenters. The summed E-state index contributed by atoms with van der Waals surface area (Å²) in [4.78, 5) is 66.0. The summed E-state index contributed by atoms with van der Waals surface area (Å²) >= 11 is 1.40. The van der Waals surface area contributed by atoms with E-state index in [1.165, 1.54) is 18.4 Å². The number of Topliss-reactive ketones (excluding diaryl/α,β-unsaturated/α-hetero) is 1. The third kappa shape index (κ3) is 7.65. The highest BCUT2D eigenvalue weighted by Gasteiger charge is 2.38. The Morgan fingerprint density at radius 3 is 2.54 bits per heavy atom. The fourth-order valence-corrected chi connectivity index (χ4v) is 6.20. The van der Waals surface area contributed by atoms with E-state index in [9.17, 15) is 29.1 Å². The normalized spacial score (nSPS) is 22.0. The van der Waals surface area contributed by atoms with E-state index in [4.69, 9.17) is 0 Å². The zero-order chi connectivity index (χ0) is 29.7. The number of aliphatic hydroxyl groups is 1. The van der Waals surface area contributed by atoms with E-state index in [-0.39, 0.29) is 59.9 Å². The standard InChI is InChI=1S/C15H23NO4.C14H11N3O3S/c1-8-3-9(2)15(20)11(4-8)12(17)5-10-6-13(18)16-14(19)7-10;1-20-14(19)17-13-15-9-5-4-8(7-10(9)16-13)12(18)11-3-2-6-21-11/h8-12,17H,3-7H2,1-2H3,(H,16,18,19);2-7H,1H3,(H2,15,16,17,19)/t8-,9-,11-,12+;/m0./s1. The van der Waals surface area contributed by atoms with Crippen LogP contribution in [0.4, 0.5) is 10.7 Å². The average molecular weight is 583 g/mol. The second kappa shape index (κ2) is 13.2. The van der Waals surface area contributed by atoms with Crippen molar-refractivity contribution in [2.24, 2.45) is 23.7 Å². The number of ketones is 2. The number of rotatable bonds is 6. The van der Waals surface area contributed by atoms with Crippen molar-refractivity contribution in [2.45, 2.75) is 52.1 Å². The molecule has 218 valence electrons. The molecule has 2 aromatic heterocycles. The first-order chi connectivity index (χ1) is 19.5. The van der Waals surface area contributed by atoms with Crippen LogP contribution in [0.25, 0.3) is 11.0 Å². The van der Waals surface area contributed by atoms with Crippen LogP contribution in [-0.2, 0) is 19.1 Å². The number of ether oxygens (including phenoxy) is 1. The number of aromatic amines is 1. The van der Waals surface area contributed by atoms with Crippen molar-refractivity contribution in [1.82, 2.24) is 15.3 Å². The number of H-pyrrole nitrogens is 1. The Labute approximate surface area is 241 Å². The third-order valence-corrected chi connectivity index (χ3v) is 8.29. The quantitative estimate of drug-likeness (QED) is 0.249. The average Bonchev–Trinajstić information content (AvgIpc) is 3.59. The number of nitrogens with zero attached hydrogens (tertiary/aromatic N) is 1. The zero-order valence-electron chi connectivity index (χ0n) is 23.1. The molecule has 3 aromatic rings. The molecule has 11 nitrogen and oxygen atoms in total. The number of carbonyl (C=O) groups is 5. The van der Waals surface area contributed by atoms with Gasteiger partial charge in [-0.2, -0.15) is 0 Å². The van der Waals surface area contributed by atoms with Crippen LogP contribution in [0.1, 0.15) is 61.2 Å². The molecule has 0 unspecified atom stereocenters. The number of imide groups is 1. The summed E-state index contributed by atoms with van der Waals surface area (Å²) in [6.45, 7) is 4.01. The summed E-state index contributed by atoms with van der Waals surface area (Å²) in [5, 5.41) is 16.9. The van der Waals surface area contributed by atoms with Gasteiger partial charge in [-0.25, -0.2) is 9.78 Å². The van der Waals surface area contributed by atoms with Gasteiger partial charge >= 0.3 is 6.09 Å². The fraction of sp³-hybridized carbons (Fsp3) is 0.448. The number of aromatic nitrogens is 2. The van der Waals surface area contributed by atoms with Gasteiger partial charge in [0.05, 0.1) is 29.1 Å². The van der Waals surface area contributed by atoms with Gasteiger partial charge in [0.15, 0.2) is 0 Å². The van der Waals surface area contributed by atoms with Crippen molar-refractivity contribution < 1.29 is 33.8 Å². The lowest BCUT2D eigenvalue weighted by molar-refractivity contribution is -0.136. The molecule has 1 aromatic carbocycles. The maximum Gasteiger partial charge on any atom is 0.413 e. The van der Waals surface area contributed by atoms with Crippen LogP contribution in [0.5, 0.6) is 0 Å². The number of hydrogen-bond acceptors (Lipinski definition) is 9. The Morgan fingerprint density at radius 1 is 1.15 bits per heavy atom. The van der Waals surface area contributed by atoms with Crippen LogP contribution in [0.15, 0.2) is 35.7 Å². The van der Waals surface area contributed by atoms with Gasteiger partial charge in [0, 0.05) is 30.2 Å². The number of carbonyl (C=O) groups excluding carboxylic acids is 5. The van der Waals surface area contributed by atoms with Gasteiger partial charge in [-0.05, 0) is 60.7 Å². The minimum atomic E-state index is -0.739. The summed E-state index contributed by atoms with van der Waals surface area (Å²) in [5.74, 6) is -0.261. The molecular formula is C29H34N4O7S. The van der Waals surface area contributed by atoms with Crippen LogP contribution in [0.2, 0.25) is 0 Å². The molecule has 2 fully saturated rings. The molecule has 1 saturated heterocycles. The molecule has 41 heavy (non-hydrogen) atoms. The number of hydrogen-bond donors (Lipinski definition) is 4. The molecule has 4 N–H and O–H groups in total. The van der Waals surface area contributed by atoms with E-state index in [0.29, 0.717) is 40.2 Å². The molecule has 3 amide bonds. The summed E-state index contributed by atoms with van der Waals surface area (Å²) < 4.78 is 4.50. The van der Waals surface area contributed by atoms with Crippen molar-refractivity contribution in [3.63, 3.8) is 0 Å². The first-order valence-corrected chi connectivity index (χ1v) is 14.4. The minimum Gasteiger partial charge on any atom is -0.453 e. The molecular weight excluding hydrogens is 548 g/mol. The molecule has 0 bridgehead atoms. The van der Waals surface area contributed by atoms with Gasteiger partial charge in [-0.15, -0.1) is 11.3 Å². The number of fused-ring (bicyclic) bond motifs is 1. The number of amides is 3. The number of thiophene rings is 1. The zero-order valence-corrected chi connectivity index (χ0v) is 24.0. The summed E-state index contributed by atoms with van der Waals surface area (Å²) in [6.07, 6.45) is 1.11. The minimum absolute atomic E-state index is 0.00492. The monoisotopic (exact) mass is 582 g/mol. The summed E-state index contributed by atoms with van der Waals surface area (Å²) in [6, 6.07) is 8.79. The second-order valence-corrected chi connectivity index (χ2v) is 11.7. The van der Waals surface area contributed by atoms with Gasteiger partial charge in [0.2, 0.25) is 23.5 Å². The van der Waals surface area contributed by atoms with E-state index in [2.05, 4.69) is 32.3 Å². The lowest BCUT2D eigenvalue weighted by atomic mass is 9.71. The van der Waals surface area contributed by atoms with Crippen molar-refractivity contribution in [3.05, 3.63) is 46.2 Å². The van der Waals surface area contributed by atoms with Crippen molar-refractivity contribution in [2.75, 3.05) is 12.4 Å². The number of imidazole rings is 1. The van der Waals surface area contributed by atoms with Crippen LogP contribution in [0.3, 0.4) is 0 Å². The van der Waals surface area contributed by atoms with Crippen LogP contribution in [0, 0.1) is 23.7 Å². The Bertz CT molecular complexity index is 1420. The van der Waals surface area contributed by atoms with E-state index in [1.807, 2.05) is 18.4 Å². The number of methoxy groups -OCH3 is 1.